The maximum atomic E-state index is 5.87. The van der Waals surface area contributed by atoms with Crippen molar-refractivity contribution in [2.24, 2.45) is 5.92 Å². The second-order valence-corrected chi connectivity index (χ2v) is 9.01. The van der Waals surface area contributed by atoms with Gasteiger partial charge in [-0.25, -0.2) is 0 Å². The lowest BCUT2D eigenvalue weighted by Gasteiger charge is -2.20. The smallest absolute Gasteiger partial charge is 0.186 e. The Kier molecular flexibility index (Phi) is 5.84. The van der Waals surface area contributed by atoms with Gasteiger partial charge in [-0.3, -0.25) is 0 Å². The second kappa shape index (κ2) is 5.76. The van der Waals surface area contributed by atoms with Crippen LogP contribution in [0.5, 0.6) is 0 Å². The van der Waals surface area contributed by atoms with Crippen LogP contribution in [0, 0.1) is 5.92 Å². The van der Waals surface area contributed by atoms with Gasteiger partial charge in [0.15, 0.2) is 8.32 Å². The summed E-state index contributed by atoms with van der Waals surface area (Å²) in [6.45, 7) is 12.3. The molecule has 0 rings (SSSR count). The van der Waals surface area contributed by atoms with E-state index in [-0.39, 0.29) is 0 Å². The molecular weight excluding hydrogens is 164 g/mol. The van der Waals surface area contributed by atoms with Gasteiger partial charge >= 0.3 is 0 Å². The third-order valence-electron chi connectivity index (χ3n) is 2.27. The predicted molar refractivity (Wildman–Crippen MR) is 58.0 cm³/mol. The average molecular weight is 188 g/mol. The molecule has 0 radical (unpaired) electrons. The first-order valence-electron chi connectivity index (χ1n) is 5.12. The van der Waals surface area contributed by atoms with E-state index in [9.17, 15) is 0 Å². The molecule has 0 saturated heterocycles. The van der Waals surface area contributed by atoms with Gasteiger partial charge in [0.05, 0.1) is 0 Å². The Hall–Kier alpha value is 0.177. The van der Waals surface area contributed by atoms with Crippen LogP contribution >= 0.6 is 0 Å². The fraction of sp³-hybridized carbons (Fsp3) is 1.00. The molecule has 0 aromatic heterocycles. The van der Waals surface area contributed by atoms with E-state index in [4.69, 9.17) is 4.43 Å². The summed E-state index contributed by atoms with van der Waals surface area (Å²) in [7, 11) is -1.25. The first-order valence-corrected chi connectivity index (χ1v) is 8.23. The van der Waals surface area contributed by atoms with E-state index < -0.39 is 8.32 Å². The Morgan fingerprint density at radius 3 is 2.25 bits per heavy atom. The fourth-order valence-electron chi connectivity index (χ4n) is 0.942. The van der Waals surface area contributed by atoms with Gasteiger partial charge in [0, 0.05) is 6.61 Å². The predicted octanol–water partition coefficient (Wildman–Crippen LogP) is 3.66. The first-order chi connectivity index (χ1) is 5.48. The Balaban J connectivity index is 3.31. The van der Waals surface area contributed by atoms with Crippen molar-refractivity contribution in [2.45, 2.75) is 52.8 Å². The second-order valence-electron chi connectivity index (χ2n) is 4.50. The summed E-state index contributed by atoms with van der Waals surface area (Å²) in [4.78, 5) is 0. The van der Waals surface area contributed by atoms with Crippen LogP contribution in [0.1, 0.15) is 33.6 Å². The highest BCUT2D eigenvalue weighted by molar-refractivity contribution is 6.71. The summed E-state index contributed by atoms with van der Waals surface area (Å²) >= 11 is 0. The largest absolute Gasteiger partial charge is 0.417 e. The Labute approximate surface area is 78.6 Å². The van der Waals surface area contributed by atoms with Crippen molar-refractivity contribution in [1.82, 2.24) is 0 Å². The summed E-state index contributed by atoms with van der Waals surface area (Å²) in [6.07, 6.45) is 2.53. The Bertz CT molecular complexity index is 110. The van der Waals surface area contributed by atoms with E-state index in [1.807, 2.05) is 0 Å². The monoisotopic (exact) mass is 188 g/mol. The molecule has 0 unspecified atom stereocenters. The maximum absolute atomic E-state index is 5.87. The summed E-state index contributed by atoms with van der Waals surface area (Å²) in [5.41, 5.74) is 0. The van der Waals surface area contributed by atoms with Gasteiger partial charge in [-0.2, -0.15) is 0 Å². The molecule has 0 fully saturated rings. The molecule has 0 aliphatic heterocycles. The molecule has 0 amide bonds. The van der Waals surface area contributed by atoms with Crippen LogP contribution in [0.4, 0.5) is 0 Å². The Morgan fingerprint density at radius 2 is 1.83 bits per heavy atom. The lowest BCUT2D eigenvalue weighted by molar-refractivity contribution is 0.288. The van der Waals surface area contributed by atoms with Gasteiger partial charge in [-0.1, -0.05) is 20.8 Å². The minimum atomic E-state index is -1.25. The SMILES string of the molecule is CC[Si](C)(C)OCCCC(C)C. The molecule has 0 aliphatic carbocycles. The van der Waals surface area contributed by atoms with Crippen molar-refractivity contribution in [3.05, 3.63) is 0 Å². The highest BCUT2D eigenvalue weighted by Crippen LogP contribution is 2.11. The van der Waals surface area contributed by atoms with Gasteiger partial charge in [-0.05, 0) is 37.9 Å². The molecule has 0 heterocycles. The molecular formula is C10H24OSi. The molecule has 0 saturated carbocycles. The summed E-state index contributed by atoms with van der Waals surface area (Å²) in [5.74, 6) is 0.819. The van der Waals surface area contributed by atoms with Crippen molar-refractivity contribution in [1.29, 1.82) is 0 Å². The molecule has 0 aromatic rings. The molecule has 12 heavy (non-hydrogen) atoms. The van der Waals surface area contributed by atoms with Crippen LogP contribution in [0.15, 0.2) is 0 Å². The van der Waals surface area contributed by atoms with Crippen LogP contribution < -0.4 is 0 Å². The van der Waals surface area contributed by atoms with E-state index in [0.29, 0.717) is 0 Å². The lowest BCUT2D eigenvalue weighted by Crippen LogP contribution is -2.29. The van der Waals surface area contributed by atoms with Gasteiger partial charge in [-0.15, -0.1) is 0 Å². The van der Waals surface area contributed by atoms with Crippen LogP contribution in [0.25, 0.3) is 0 Å². The highest BCUT2D eigenvalue weighted by Gasteiger charge is 2.18. The molecule has 0 spiro atoms. The zero-order valence-corrected chi connectivity index (χ0v) is 10.3. The minimum absolute atomic E-state index is 0.819. The van der Waals surface area contributed by atoms with Crippen molar-refractivity contribution >= 4 is 8.32 Å². The van der Waals surface area contributed by atoms with Crippen molar-refractivity contribution in [3.8, 4) is 0 Å². The summed E-state index contributed by atoms with van der Waals surface area (Å²) in [5, 5.41) is 0. The maximum Gasteiger partial charge on any atom is 0.186 e. The molecule has 74 valence electrons. The average Bonchev–Trinajstić information content (AvgIpc) is 1.98. The minimum Gasteiger partial charge on any atom is -0.417 e. The number of hydrogen-bond donors (Lipinski definition) is 0. The summed E-state index contributed by atoms with van der Waals surface area (Å²) in [6, 6.07) is 1.23. The fourth-order valence-corrected chi connectivity index (χ4v) is 1.84. The molecule has 1 nitrogen and oxygen atoms in total. The van der Waals surface area contributed by atoms with E-state index in [1.54, 1.807) is 0 Å². The van der Waals surface area contributed by atoms with Gasteiger partial charge in [0.2, 0.25) is 0 Å². The van der Waals surface area contributed by atoms with Crippen LogP contribution in [-0.2, 0) is 4.43 Å². The van der Waals surface area contributed by atoms with E-state index in [1.165, 1.54) is 18.9 Å². The zero-order chi connectivity index (χ0) is 9.61. The number of rotatable bonds is 6. The van der Waals surface area contributed by atoms with Crippen molar-refractivity contribution in [2.75, 3.05) is 6.61 Å². The first kappa shape index (κ1) is 12.2. The molecule has 2 heteroatoms. The molecule has 0 bridgehead atoms. The van der Waals surface area contributed by atoms with E-state index in [0.717, 1.165) is 12.5 Å². The quantitative estimate of drug-likeness (QED) is 0.456. The van der Waals surface area contributed by atoms with Gasteiger partial charge in [0.1, 0.15) is 0 Å². The molecule has 0 aromatic carbocycles. The van der Waals surface area contributed by atoms with Gasteiger partial charge in [0.25, 0.3) is 0 Å². The zero-order valence-electron chi connectivity index (χ0n) is 9.31. The molecule has 0 atom stereocenters. The standard InChI is InChI=1S/C10H24OSi/c1-6-12(4,5)11-9-7-8-10(2)3/h10H,6-9H2,1-5H3. The molecule has 0 N–H and O–H groups in total. The van der Waals surface area contributed by atoms with Crippen LogP contribution in [0.2, 0.25) is 19.1 Å². The van der Waals surface area contributed by atoms with Crippen molar-refractivity contribution < 1.29 is 4.43 Å². The third kappa shape index (κ3) is 6.86. The van der Waals surface area contributed by atoms with Crippen LogP contribution in [0.3, 0.4) is 0 Å². The normalized spacial score (nSPS) is 12.5. The van der Waals surface area contributed by atoms with Gasteiger partial charge < -0.3 is 4.43 Å². The topological polar surface area (TPSA) is 9.23 Å². The third-order valence-corrected chi connectivity index (χ3v) is 4.96. The summed E-state index contributed by atoms with van der Waals surface area (Å²) < 4.78 is 5.87. The molecule has 0 aliphatic rings. The Morgan fingerprint density at radius 1 is 1.25 bits per heavy atom. The number of hydrogen-bond acceptors (Lipinski definition) is 1. The lowest BCUT2D eigenvalue weighted by atomic mass is 10.1. The van der Waals surface area contributed by atoms with E-state index in [2.05, 4.69) is 33.9 Å². The van der Waals surface area contributed by atoms with E-state index >= 15 is 0 Å². The highest BCUT2D eigenvalue weighted by atomic mass is 28.4. The van der Waals surface area contributed by atoms with Crippen LogP contribution in [-0.4, -0.2) is 14.9 Å². The van der Waals surface area contributed by atoms with Crippen molar-refractivity contribution in [3.63, 3.8) is 0 Å².